The normalized spacial score (nSPS) is 27.9. The Morgan fingerprint density at radius 1 is 1.29 bits per heavy atom. The zero-order valence-corrected chi connectivity index (χ0v) is 10.4. The van der Waals surface area contributed by atoms with Crippen LogP contribution in [0.3, 0.4) is 0 Å². The Hall–Kier alpha value is -0.0800. The van der Waals surface area contributed by atoms with E-state index >= 15 is 0 Å². The van der Waals surface area contributed by atoms with Crippen molar-refractivity contribution in [3.8, 4) is 0 Å². The van der Waals surface area contributed by atoms with E-state index in [1.165, 1.54) is 49.9 Å². The Morgan fingerprint density at radius 3 is 2.57 bits per heavy atom. The van der Waals surface area contributed by atoms with Gasteiger partial charge in [-0.2, -0.15) is 0 Å². The fraction of sp³-hybridized carbons (Fsp3) is 1.00. The van der Waals surface area contributed by atoms with Crippen molar-refractivity contribution in [1.82, 2.24) is 4.90 Å². The van der Waals surface area contributed by atoms with Crippen molar-refractivity contribution in [3.63, 3.8) is 0 Å². The van der Waals surface area contributed by atoms with Gasteiger partial charge in [0.25, 0.3) is 0 Å². The van der Waals surface area contributed by atoms with Crippen molar-refractivity contribution in [2.45, 2.75) is 39.2 Å². The maximum Gasteiger partial charge on any atom is 0.101 e. The third-order valence-electron chi connectivity index (χ3n) is 3.75. The summed E-state index contributed by atoms with van der Waals surface area (Å²) in [6, 6.07) is 0.848. The van der Waals surface area contributed by atoms with Crippen LogP contribution in [-0.4, -0.2) is 55.7 Å². The molecule has 0 aromatic carbocycles. The van der Waals surface area contributed by atoms with Gasteiger partial charge >= 0.3 is 0 Å². The predicted molar refractivity (Wildman–Crippen MR) is 62.4 cm³/mol. The van der Waals surface area contributed by atoms with Crippen molar-refractivity contribution in [2.75, 3.05) is 40.3 Å². The van der Waals surface area contributed by atoms with Gasteiger partial charge in [0.15, 0.2) is 0 Å². The van der Waals surface area contributed by atoms with Gasteiger partial charge in [-0.05, 0) is 19.4 Å². The second-order valence-electron chi connectivity index (χ2n) is 5.22. The third-order valence-corrected chi connectivity index (χ3v) is 3.75. The molecule has 1 heterocycles. The van der Waals surface area contributed by atoms with Gasteiger partial charge in [0.1, 0.15) is 6.04 Å². The summed E-state index contributed by atoms with van der Waals surface area (Å²) in [6.07, 6.45) is 4.00. The lowest BCUT2D eigenvalue weighted by Crippen LogP contribution is -2.61. The number of likely N-dealkylation sites (N-methyl/N-ethyl adjacent to an activating group) is 1. The fourth-order valence-electron chi connectivity index (χ4n) is 2.40. The Labute approximate surface area is 89.5 Å². The molecule has 0 saturated carbocycles. The lowest BCUT2D eigenvalue weighted by Gasteiger charge is -2.45. The average molecular weight is 199 g/mol. The summed E-state index contributed by atoms with van der Waals surface area (Å²) in [4.78, 5) is 2.65. The molecule has 14 heavy (non-hydrogen) atoms. The van der Waals surface area contributed by atoms with E-state index in [1.807, 2.05) is 0 Å². The zero-order chi connectivity index (χ0) is 10.6. The van der Waals surface area contributed by atoms with Gasteiger partial charge in [0.2, 0.25) is 0 Å². The molecule has 1 saturated heterocycles. The Bertz CT molecular complexity index is 166. The molecule has 1 unspecified atom stereocenters. The lowest BCUT2D eigenvalue weighted by molar-refractivity contribution is -0.919. The van der Waals surface area contributed by atoms with E-state index in [4.69, 9.17) is 0 Å². The monoisotopic (exact) mass is 199 g/mol. The van der Waals surface area contributed by atoms with E-state index in [-0.39, 0.29) is 0 Å². The molecule has 1 aliphatic rings. The zero-order valence-electron chi connectivity index (χ0n) is 10.4. The number of quaternary nitrogens is 1. The molecule has 0 spiro atoms. The number of unbranched alkanes of at least 4 members (excludes halogenated alkanes) is 1. The summed E-state index contributed by atoms with van der Waals surface area (Å²) in [7, 11) is 4.76. The van der Waals surface area contributed by atoms with Crippen molar-refractivity contribution in [3.05, 3.63) is 0 Å². The smallest absolute Gasteiger partial charge is 0.101 e. The number of piperazine rings is 1. The van der Waals surface area contributed by atoms with Crippen LogP contribution in [0, 0.1) is 0 Å². The van der Waals surface area contributed by atoms with Crippen LogP contribution in [0.4, 0.5) is 0 Å². The molecule has 0 aromatic heterocycles. The van der Waals surface area contributed by atoms with Gasteiger partial charge in [-0.1, -0.05) is 20.3 Å². The molecule has 84 valence electrons. The minimum atomic E-state index is 0.848. The molecule has 0 amide bonds. The van der Waals surface area contributed by atoms with Gasteiger partial charge in [0.05, 0.1) is 27.2 Å². The van der Waals surface area contributed by atoms with Crippen molar-refractivity contribution >= 4 is 0 Å². The van der Waals surface area contributed by atoms with Gasteiger partial charge < -0.3 is 4.48 Å². The van der Waals surface area contributed by atoms with Crippen LogP contribution in [0.15, 0.2) is 0 Å². The quantitative estimate of drug-likeness (QED) is 0.626. The minimum Gasteiger partial charge on any atom is -0.324 e. The summed E-state index contributed by atoms with van der Waals surface area (Å²) in [5.74, 6) is 0. The van der Waals surface area contributed by atoms with Gasteiger partial charge in [-0.3, -0.25) is 4.90 Å². The molecule has 1 atom stereocenters. The van der Waals surface area contributed by atoms with Crippen LogP contribution in [0.5, 0.6) is 0 Å². The van der Waals surface area contributed by atoms with Crippen LogP contribution in [0.1, 0.15) is 33.1 Å². The summed E-state index contributed by atoms with van der Waals surface area (Å²) in [5.41, 5.74) is 0. The van der Waals surface area contributed by atoms with Crippen LogP contribution >= 0.6 is 0 Å². The molecule has 1 aliphatic heterocycles. The molecule has 1 fully saturated rings. The summed E-state index contributed by atoms with van der Waals surface area (Å²) >= 11 is 0. The molecular weight excluding hydrogens is 172 g/mol. The Morgan fingerprint density at radius 2 is 2.00 bits per heavy atom. The highest BCUT2D eigenvalue weighted by molar-refractivity contribution is 4.70. The molecule has 2 nitrogen and oxygen atoms in total. The molecular formula is C12H27N2+. The van der Waals surface area contributed by atoms with Crippen LogP contribution in [-0.2, 0) is 0 Å². The number of hydrogen-bond acceptors (Lipinski definition) is 1. The van der Waals surface area contributed by atoms with E-state index in [9.17, 15) is 0 Å². The summed E-state index contributed by atoms with van der Waals surface area (Å²) in [5, 5.41) is 0. The second-order valence-corrected chi connectivity index (χ2v) is 5.22. The second kappa shape index (κ2) is 5.13. The standard InChI is InChI=1S/C12H27N2/c1-5-7-8-13-9-10-14(3,4)12(6-2)11-13/h12H,5-11H2,1-4H3/q+1. The largest absolute Gasteiger partial charge is 0.324 e. The Kier molecular flexibility index (Phi) is 4.39. The van der Waals surface area contributed by atoms with Gasteiger partial charge in [0, 0.05) is 6.54 Å². The SMILES string of the molecule is CCCCN1CC[N+](C)(C)C(CC)C1. The third kappa shape index (κ3) is 2.96. The lowest BCUT2D eigenvalue weighted by atomic mass is 10.1. The highest BCUT2D eigenvalue weighted by atomic mass is 15.4. The molecule has 2 heteroatoms. The maximum atomic E-state index is 2.65. The van der Waals surface area contributed by atoms with E-state index in [0.717, 1.165) is 6.04 Å². The molecule has 1 rings (SSSR count). The van der Waals surface area contributed by atoms with Gasteiger partial charge in [-0.15, -0.1) is 0 Å². The van der Waals surface area contributed by atoms with Crippen LogP contribution in [0.2, 0.25) is 0 Å². The fourth-order valence-corrected chi connectivity index (χ4v) is 2.40. The molecule has 0 N–H and O–H groups in total. The topological polar surface area (TPSA) is 3.24 Å². The first-order chi connectivity index (χ1) is 6.60. The highest BCUT2D eigenvalue weighted by Crippen LogP contribution is 2.17. The van der Waals surface area contributed by atoms with E-state index in [1.54, 1.807) is 0 Å². The maximum absolute atomic E-state index is 2.65. The van der Waals surface area contributed by atoms with E-state index in [0.29, 0.717) is 0 Å². The number of hydrogen-bond donors (Lipinski definition) is 0. The van der Waals surface area contributed by atoms with Crippen molar-refractivity contribution in [1.29, 1.82) is 0 Å². The summed E-state index contributed by atoms with van der Waals surface area (Å²) < 4.78 is 1.22. The minimum absolute atomic E-state index is 0.848. The molecule has 0 bridgehead atoms. The first kappa shape index (κ1) is 12.0. The van der Waals surface area contributed by atoms with E-state index in [2.05, 4.69) is 32.8 Å². The molecule has 0 aromatic rings. The Balaban J connectivity index is 2.40. The highest BCUT2D eigenvalue weighted by Gasteiger charge is 2.33. The van der Waals surface area contributed by atoms with Crippen LogP contribution in [0.25, 0.3) is 0 Å². The van der Waals surface area contributed by atoms with Crippen LogP contribution < -0.4 is 0 Å². The van der Waals surface area contributed by atoms with Gasteiger partial charge in [-0.25, -0.2) is 0 Å². The number of nitrogens with zero attached hydrogens (tertiary/aromatic N) is 2. The number of rotatable bonds is 4. The predicted octanol–water partition coefficient (Wildman–Crippen LogP) is 1.96. The van der Waals surface area contributed by atoms with Crippen molar-refractivity contribution in [2.24, 2.45) is 0 Å². The molecule has 0 aliphatic carbocycles. The summed E-state index contributed by atoms with van der Waals surface area (Å²) in [6.45, 7) is 9.84. The first-order valence-electron chi connectivity index (χ1n) is 6.15. The van der Waals surface area contributed by atoms with E-state index < -0.39 is 0 Å². The van der Waals surface area contributed by atoms with Crippen molar-refractivity contribution < 1.29 is 4.48 Å². The first-order valence-corrected chi connectivity index (χ1v) is 6.15. The average Bonchev–Trinajstić information content (AvgIpc) is 2.16. The molecule has 0 radical (unpaired) electrons.